The van der Waals surface area contributed by atoms with E-state index < -0.39 is 0 Å². The highest BCUT2D eigenvalue weighted by molar-refractivity contribution is 6.28. The van der Waals surface area contributed by atoms with Crippen LogP contribution >= 0.6 is 11.6 Å². The van der Waals surface area contributed by atoms with Gasteiger partial charge in [-0.2, -0.15) is 15.0 Å². The summed E-state index contributed by atoms with van der Waals surface area (Å²) in [6.07, 6.45) is 0. The summed E-state index contributed by atoms with van der Waals surface area (Å²) in [6.45, 7) is 0. The van der Waals surface area contributed by atoms with Crippen molar-refractivity contribution < 1.29 is 9.47 Å². The number of nitrogen functional groups attached to an aromatic ring is 1. The molecule has 1 aromatic heterocycles. The van der Waals surface area contributed by atoms with E-state index >= 15 is 0 Å². The molecule has 100 valence electrons. The number of nitrogens with one attached hydrogen (secondary N) is 1. The first-order valence-electron chi connectivity index (χ1n) is 5.28. The molecule has 0 amide bonds. The summed E-state index contributed by atoms with van der Waals surface area (Å²) in [5.74, 6) is 1.53. The molecule has 0 aliphatic carbocycles. The summed E-state index contributed by atoms with van der Waals surface area (Å²) in [5.41, 5.74) is 6.15. The molecule has 8 heteroatoms. The molecule has 0 aliphatic heterocycles. The largest absolute Gasteiger partial charge is 0.497 e. The van der Waals surface area contributed by atoms with E-state index in [2.05, 4.69) is 20.3 Å². The lowest BCUT2D eigenvalue weighted by Crippen LogP contribution is -2.04. The summed E-state index contributed by atoms with van der Waals surface area (Å²) >= 11 is 5.70. The minimum atomic E-state index is 0.0162. The second kappa shape index (κ2) is 5.57. The number of benzene rings is 1. The first kappa shape index (κ1) is 13.2. The van der Waals surface area contributed by atoms with Gasteiger partial charge in [0.1, 0.15) is 11.5 Å². The topological polar surface area (TPSA) is 95.2 Å². The van der Waals surface area contributed by atoms with Gasteiger partial charge in [0.15, 0.2) is 0 Å². The Hall–Kier alpha value is -2.28. The van der Waals surface area contributed by atoms with Gasteiger partial charge >= 0.3 is 0 Å². The smallest absolute Gasteiger partial charge is 0.233 e. The molecule has 0 unspecified atom stereocenters. The monoisotopic (exact) mass is 281 g/mol. The molecule has 3 N–H and O–H groups in total. The van der Waals surface area contributed by atoms with Crippen LogP contribution in [0.25, 0.3) is 0 Å². The van der Waals surface area contributed by atoms with Crippen LogP contribution in [-0.4, -0.2) is 29.2 Å². The number of hydrogen-bond donors (Lipinski definition) is 2. The van der Waals surface area contributed by atoms with Gasteiger partial charge in [0.05, 0.1) is 19.9 Å². The summed E-state index contributed by atoms with van der Waals surface area (Å²) in [7, 11) is 3.13. The van der Waals surface area contributed by atoms with Crippen molar-refractivity contribution in [2.24, 2.45) is 0 Å². The Balaban J connectivity index is 2.32. The molecule has 0 aliphatic rings. The highest BCUT2D eigenvalue weighted by atomic mass is 35.5. The second-order valence-electron chi connectivity index (χ2n) is 3.48. The summed E-state index contributed by atoms with van der Waals surface area (Å²) in [5, 5.41) is 2.97. The van der Waals surface area contributed by atoms with Crippen molar-refractivity contribution in [1.82, 2.24) is 15.0 Å². The van der Waals surface area contributed by atoms with E-state index in [-0.39, 0.29) is 17.2 Å². The average molecular weight is 282 g/mol. The van der Waals surface area contributed by atoms with Crippen molar-refractivity contribution in [3.05, 3.63) is 23.5 Å². The lowest BCUT2D eigenvalue weighted by molar-refractivity contribution is 0.395. The Morgan fingerprint density at radius 3 is 2.58 bits per heavy atom. The molecule has 0 saturated carbocycles. The van der Waals surface area contributed by atoms with Crippen LogP contribution in [-0.2, 0) is 0 Å². The summed E-state index contributed by atoms with van der Waals surface area (Å²) in [4.78, 5) is 11.5. The number of hydrogen-bond acceptors (Lipinski definition) is 7. The maximum absolute atomic E-state index is 5.70. The van der Waals surface area contributed by atoms with Gasteiger partial charge in [-0.15, -0.1) is 0 Å². The number of nitrogens with zero attached hydrogens (tertiary/aromatic N) is 3. The molecule has 0 fully saturated rings. The van der Waals surface area contributed by atoms with Crippen LogP contribution in [0, 0.1) is 0 Å². The van der Waals surface area contributed by atoms with Crippen molar-refractivity contribution in [3.8, 4) is 11.5 Å². The van der Waals surface area contributed by atoms with E-state index in [9.17, 15) is 0 Å². The van der Waals surface area contributed by atoms with Crippen molar-refractivity contribution in [3.63, 3.8) is 0 Å². The zero-order valence-electron chi connectivity index (χ0n) is 10.3. The number of anilines is 3. The van der Waals surface area contributed by atoms with E-state index in [4.69, 9.17) is 26.8 Å². The van der Waals surface area contributed by atoms with Gasteiger partial charge in [-0.1, -0.05) is 0 Å². The molecule has 0 atom stereocenters. The van der Waals surface area contributed by atoms with Gasteiger partial charge in [0.25, 0.3) is 0 Å². The summed E-state index contributed by atoms with van der Waals surface area (Å²) < 4.78 is 10.4. The lowest BCUT2D eigenvalue weighted by Gasteiger charge is -2.11. The van der Waals surface area contributed by atoms with E-state index in [0.717, 1.165) is 0 Å². The Morgan fingerprint density at radius 1 is 1.16 bits per heavy atom. The average Bonchev–Trinajstić information content (AvgIpc) is 2.38. The van der Waals surface area contributed by atoms with Gasteiger partial charge in [0, 0.05) is 6.07 Å². The van der Waals surface area contributed by atoms with E-state index in [1.807, 2.05) is 0 Å². The highest BCUT2D eigenvalue weighted by Crippen LogP contribution is 2.30. The third-order valence-corrected chi connectivity index (χ3v) is 2.45. The van der Waals surface area contributed by atoms with Crippen LogP contribution in [0.4, 0.5) is 17.6 Å². The van der Waals surface area contributed by atoms with Crippen LogP contribution in [0.2, 0.25) is 5.28 Å². The normalized spacial score (nSPS) is 10.1. The predicted molar refractivity (Wildman–Crippen MR) is 72.1 cm³/mol. The Kier molecular flexibility index (Phi) is 3.86. The number of nitrogens with two attached hydrogens (primary N) is 1. The molecule has 0 bridgehead atoms. The maximum Gasteiger partial charge on any atom is 0.233 e. The number of rotatable bonds is 4. The molecule has 19 heavy (non-hydrogen) atoms. The quantitative estimate of drug-likeness (QED) is 0.883. The number of methoxy groups -OCH3 is 2. The second-order valence-corrected chi connectivity index (χ2v) is 3.82. The van der Waals surface area contributed by atoms with Crippen LogP contribution in [0.3, 0.4) is 0 Å². The number of halogens is 1. The first-order valence-corrected chi connectivity index (χ1v) is 5.66. The van der Waals surface area contributed by atoms with E-state index in [1.54, 1.807) is 32.4 Å². The number of ether oxygens (including phenoxy) is 2. The SMILES string of the molecule is COc1ccc(Nc2nc(N)nc(Cl)n2)c(OC)c1. The van der Waals surface area contributed by atoms with E-state index in [1.165, 1.54) is 0 Å². The van der Waals surface area contributed by atoms with Gasteiger partial charge < -0.3 is 20.5 Å². The fourth-order valence-corrected chi connectivity index (χ4v) is 1.61. The standard InChI is InChI=1S/C11H12ClN5O2/c1-18-6-3-4-7(8(5-6)19-2)14-11-16-9(12)15-10(13)17-11/h3-5H,1-2H3,(H3,13,14,15,16,17). The van der Waals surface area contributed by atoms with Crippen molar-refractivity contribution in [1.29, 1.82) is 0 Å². The minimum absolute atomic E-state index is 0.0162. The minimum Gasteiger partial charge on any atom is -0.497 e. The first-order chi connectivity index (χ1) is 9.12. The fourth-order valence-electron chi connectivity index (χ4n) is 1.44. The van der Waals surface area contributed by atoms with Gasteiger partial charge in [-0.25, -0.2) is 0 Å². The molecule has 0 saturated heterocycles. The van der Waals surface area contributed by atoms with Crippen molar-refractivity contribution in [2.75, 3.05) is 25.3 Å². The molecule has 0 spiro atoms. The van der Waals surface area contributed by atoms with Gasteiger partial charge in [-0.05, 0) is 23.7 Å². The molecule has 1 heterocycles. The van der Waals surface area contributed by atoms with Gasteiger partial charge in [-0.3, -0.25) is 0 Å². The highest BCUT2D eigenvalue weighted by Gasteiger charge is 2.08. The third-order valence-electron chi connectivity index (χ3n) is 2.28. The van der Waals surface area contributed by atoms with Crippen LogP contribution in [0.15, 0.2) is 18.2 Å². The molecular formula is C11H12ClN5O2. The predicted octanol–water partition coefficient (Wildman–Crippen LogP) is 1.87. The maximum atomic E-state index is 5.70. The van der Waals surface area contributed by atoms with Crippen LogP contribution in [0.5, 0.6) is 11.5 Å². The molecule has 0 radical (unpaired) electrons. The lowest BCUT2D eigenvalue weighted by atomic mass is 10.2. The van der Waals surface area contributed by atoms with Crippen LogP contribution < -0.4 is 20.5 Å². The van der Waals surface area contributed by atoms with E-state index in [0.29, 0.717) is 17.2 Å². The van der Waals surface area contributed by atoms with Crippen molar-refractivity contribution >= 4 is 29.2 Å². The van der Waals surface area contributed by atoms with Crippen LogP contribution in [0.1, 0.15) is 0 Å². The zero-order valence-corrected chi connectivity index (χ0v) is 11.1. The number of aromatic nitrogens is 3. The zero-order chi connectivity index (χ0) is 13.8. The Bertz CT molecular complexity index is 573. The fraction of sp³-hybridized carbons (Fsp3) is 0.182. The molecule has 2 rings (SSSR count). The Labute approximate surface area is 114 Å². The van der Waals surface area contributed by atoms with Crippen molar-refractivity contribution in [2.45, 2.75) is 0 Å². The molecule has 1 aromatic carbocycles. The molecule has 2 aromatic rings. The third kappa shape index (κ3) is 3.14. The van der Waals surface area contributed by atoms with Gasteiger partial charge in [0.2, 0.25) is 17.2 Å². The molecule has 7 nitrogen and oxygen atoms in total. The summed E-state index contributed by atoms with van der Waals surface area (Å²) in [6, 6.07) is 5.27. The Morgan fingerprint density at radius 2 is 1.95 bits per heavy atom. The molecular weight excluding hydrogens is 270 g/mol.